The second-order valence-corrected chi connectivity index (χ2v) is 4.76. The highest BCUT2D eigenvalue weighted by atomic mass is 32.2. The van der Waals surface area contributed by atoms with Crippen molar-refractivity contribution in [3.8, 4) is 0 Å². The van der Waals surface area contributed by atoms with Gasteiger partial charge in [-0.3, -0.25) is 19.2 Å². The van der Waals surface area contributed by atoms with Crippen molar-refractivity contribution >= 4 is 35.6 Å². The van der Waals surface area contributed by atoms with E-state index in [-0.39, 0.29) is 0 Å². The molecule has 108 valence electrons. The summed E-state index contributed by atoms with van der Waals surface area (Å²) in [7, 11) is 2.20. The lowest BCUT2D eigenvalue weighted by molar-refractivity contribution is -0.146. The molecular formula is C10H14O8S. The highest BCUT2D eigenvalue weighted by Gasteiger charge is 2.32. The van der Waals surface area contributed by atoms with E-state index in [1.165, 1.54) is 0 Å². The van der Waals surface area contributed by atoms with E-state index in [0.717, 1.165) is 14.2 Å². The summed E-state index contributed by atoms with van der Waals surface area (Å²) in [5, 5.41) is 15.0. The first-order valence-corrected chi connectivity index (χ1v) is 6.00. The minimum atomic E-state index is -1.38. The molecule has 2 unspecified atom stereocenters. The topological polar surface area (TPSA) is 127 Å². The highest BCUT2D eigenvalue weighted by Crippen LogP contribution is 2.25. The molecule has 0 aromatic carbocycles. The first-order valence-electron chi connectivity index (χ1n) is 5.06. The summed E-state index contributed by atoms with van der Waals surface area (Å²) in [6.07, 6.45) is -1.06. The molecule has 0 radical (unpaired) electrons. The number of hydrogen-bond acceptors (Lipinski definition) is 7. The van der Waals surface area contributed by atoms with Crippen molar-refractivity contribution in [1.29, 1.82) is 0 Å². The molecule has 2 atom stereocenters. The van der Waals surface area contributed by atoms with Crippen molar-refractivity contribution in [3.63, 3.8) is 0 Å². The molecule has 0 spiro atoms. The number of hydrogen-bond donors (Lipinski definition) is 2. The molecular weight excluding hydrogens is 280 g/mol. The van der Waals surface area contributed by atoms with Gasteiger partial charge in [-0.15, -0.1) is 11.8 Å². The number of methoxy groups -OCH3 is 2. The Hall–Kier alpha value is -1.77. The van der Waals surface area contributed by atoms with Crippen LogP contribution in [0.1, 0.15) is 12.8 Å². The summed E-state index contributed by atoms with van der Waals surface area (Å²) in [6.45, 7) is 0. The first kappa shape index (κ1) is 17.2. The standard InChI is InChI=1S/C10H14O8S/c1-17-8(13)4-6(10(16)18-2)19-5(9(14)15)3-7(11)12/h5-6H,3-4H2,1-2H3,(H,11,12)(H,14,15). The van der Waals surface area contributed by atoms with Gasteiger partial charge in [0.25, 0.3) is 0 Å². The molecule has 0 aliphatic rings. The monoisotopic (exact) mass is 294 g/mol. The second-order valence-electron chi connectivity index (χ2n) is 3.35. The maximum atomic E-state index is 11.4. The van der Waals surface area contributed by atoms with E-state index in [9.17, 15) is 19.2 Å². The summed E-state index contributed by atoms with van der Waals surface area (Å²) in [6, 6.07) is 0. The van der Waals surface area contributed by atoms with Gasteiger partial charge in [0, 0.05) is 0 Å². The average Bonchev–Trinajstić information content (AvgIpc) is 2.34. The number of ether oxygens (including phenoxy) is 2. The Bertz CT molecular complexity index is 367. The van der Waals surface area contributed by atoms with E-state index in [2.05, 4.69) is 9.47 Å². The predicted octanol–water partition coefficient (Wildman–Crippen LogP) is -0.248. The molecule has 8 nitrogen and oxygen atoms in total. The van der Waals surface area contributed by atoms with Gasteiger partial charge in [-0.25, -0.2) is 0 Å². The molecule has 0 saturated heterocycles. The van der Waals surface area contributed by atoms with Crippen LogP contribution < -0.4 is 0 Å². The molecule has 0 bridgehead atoms. The average molecular weight is 294 g/mol. The fourth-order valence-corrected chi connectivity index (χ4v) is 2.30. The van der Waals surface area contributed by atoms with E-state index in [1.54, 1.807) is 0 Å². The van der Waals surface area contributed by atoms with E-state index >= 15 is 0 Å². The van der Waals surface area contributed by atoms with E-state index in [4.69, 9.17) is 10.2 Å². The minimum absolute atomic E-state index is 0.392. The molecule has 0 amide bonds. The molecule has 0 fully saturated rings. The number of esters is 2. The molecule has 0 rings (SSSR count). The van der Waals surface area contributed by atoms with Crippen LogP contribution in [0.25, 0.3) is 0 Å². The predicted molar refractivity (Wildman–Crippen MR) is 63.7 cm³/mol. The molecule has 19 heavy (non-hydrogen) atoms. The van der Waals surface area contributed by atoms with Crippen LogP contribution in [0.5, 0.6) is 0 Å². The van der Waals surface area contributed by atoms with Gasteiger partial charge < -0.3 is 19.7 Å². The zero-order valence-electron chi connectivity index (χ0n) is 10.3. The van der Waals surface area contributed by atoms with Crippen LogP contribution in [0.15, 0.2) is 0 Å². The molecule has 0 aromatic rings. The van der Waals surface area contributed by atoms with Crippen molar-refractivity contribution in [2.24, 2.45) is 0 Å². The Morgan fingerprint density at radius 2 is 1.58 bits per heavy atom. The van der Waals surface area contributed by atoms with E-state index < -0.39 is 47.2 Å². The number of carbonyl (C=O) groups is 4. The first-order chi connectivity index (χ1) is 8.81. The van der Waals surface area contributed by atoms with Crippen molar-refractivity contribution in [3.05, 3.63) is 0 Å². The summed E-state index contributed by atoms with van der Waals surface area (Å²) in [5.41, 5.74) is 0. The lowest BCUT2D eigenvalue weighted by Crippen LogP contribution is -2.30. The number of rotatable bonds is 8. The van der Waals surface area contributed by atoms with Crippen LogP contribution in [0.2, 0.25) is 0 Å². The summed E-state index contributed by atoms with van der Waals surface area (Å²) < 4.78 is 8.81. The van der Waals surface area contributed by atoms with Crippen LogP contribution in [-0.4, -0.2) is 58.8 Å². The molecule has 0 saturated carbocycles. The second kappa shape index (κ2) is 8.35. The lowest BCUT2D eigenvalue weighted by Gasteiger charge is -2.17. The van der Waals surface area contributed by atoms with Gasteiger partial charge in [0.1, 0.15) is 10.5 Å². The Labute approximate surface area is 113 Å². The molecule has 0 heterocycles. The van der Waals surface area contributed by atoms with Crippen LogP contribution in [-0.2, 0) is 28.7 Å². The third kappa shape index (κ3) is 6.65. The fourth-order valence-electron chi connectivity index (χ4n) is 1.10. The van der Waals surface area contributed by atoms with Crippen LogP contribution in [0, 0.1) is 0 Å². The van der Waals surface area contributed by atoms with Crippen molar-refractivity contribution < 1.29 is 38.9 Å². The van der Waals surface area contributed by atoms with Crippen molar-refractivity contribution in [2.75, 3.05) is 14.2 Å². The lowest BCUT2D eigenvalue weighted by atomic mass is 10.3. The Balaban J connectivity index is 4.84. The molecule has 2 N–H and O–H groups in total. The fraction of sp³-hybridized carbons (Fsp3) is 0.600. The number of carboxylic acids is 2. The van der Waals surface area contributed by atoms with Gasteiger partial charge in [-0.1, -0.05) is 0 Å². The van der Waals surface area contributed by atoms with Gasteiger partial charge in [0.05, 0.1) is 27.1 Å². The Morgan fingerprint density at radius 3 is 1.95 bits per heavy atom. The number of thioether (sulfide) groups is 1. The SMILES string of the molecule is COC(=O)CC(SC(CC(=O)O)C(=O)O)C(=O)OC. The highest BCUT2D eigenvalue weighted by molar-refractivity contribution is 8.01. The third-order valence-electron chi connectivity index (χ3n) is 2.01. The van der Waals surface area contributed by atoms with Gasteiger partial charge >= 0.3 is 23.9 Å². The zero-order chi connectivity index (χ0) is 15.0. The third-order valence-corrected chi connectivity index (χ3v) is 3.39. The molecule has 0 aliphatic carbocycles. The molecule has 0 aromatic heterocycles. The van der Waals surface area contributed by atoms with Crippen molar-refractivity contribution in [2.45, 2.75) is 23.3 Å². The zero-order valence-corrected chi connectivity index (χ0v) is 11.1. The Kier molecular flexibility index (Phi) is 7.57. The van der Waals surface area contributed by atoms with Gasteiger partial charge in [0.2, 0.25) is 0 Å². The Morgan fingerprint density at radius 1 is 1.00 bits per heavy atom. The molecule has 0 aliphatic heterocycles. The number of aliphatic carboxylic acids is 2. The summed E-state index contributed by atoms with van der Waals surface area (Å²) in [4.78, 5) is 43.9. The van der Waals surface area contributed by atoms with Gasteiger partial charge in [-0.2, -0.15) is 0 Å². The smallest absolute Gasteiger partial charge is 0.319 e. The minimum Gasteiger partial charge on any atom is -0.481 e. The molecule has 9 heteroatoms. The van der Waals surface area contributed by atoms with Crippen LogP contribution >= 0.6 is 11.8 Å². The van der Waals surface area contributed by atoms with Crippen LogP contribution in [0.4, 0.5) is 0 Å². The quantitative estimate of drug-likeness (QED) is 0.582. The number of carbonyl (C=O) groups excluding carboxylic acids is 2. The van der Waals surface area contributed by atoms with Crippen LogP contribution in [0.3, 0.4) is 0 Å². The number of carboxylic acid groups (broad SMARTS) is 2. The normalized spacial score (nSPS) is 13.2. The summed E-state index contributed by atoms with van der Waals surface area (Å²) in [5.74, 6) is -4.23. The summed E-state index contributed by atoms with van der Waals surface area (Å²) >= 11 is 0.547. The van der Waals surface area contributed by atoms with Gasteiger partial charge in [-0.05, 0) is 0 Å². The largest absolute Gasteiger partial charge is 0.481 e. The van der Waals surface area contributed by atoms with Gasteiger partial charge in [0.15, 0.2) is 0 Å². The van der Waals surface area contributed by atoms with E-state index in [0.29, 0.717) is 11.8 Å². The maximum absolute atomic E-state index is 11.4. The van der Waals surface area contributed by atoms with E-state index in [1.807, 2.05) is 0 Å². The van der Waals surface area contributed by atoms with Crippen molar-refractivity contribution in [1.82, 2.24) is 0 Å². The maximum Gasteiger partial charge on any atom is 0.319 e.